The summed E-state index contributed by atoms with van der Waals surface area (Å²) in [6.07, 6.45) is -6.19. The van der Waals surface area contributed by atoms with E-state index in [0.717, 1.165) is 12.1 Å². The molecular formula is C27H25F5N2O4. The SMILES string of the molecule is COc1cncc2c1[C@]1(O)C(O)[C@H](CNCC(F)F)[C@@H](c3ccccc3)[C@]1(c1ccc(C(F)(F)F)cc1)O2. The summed E-state index contributed by atoms with van der Waals surface area (Å²) >= 11 is 0. The van der Waals surface area contributed by atoms with Crippen molar-refractivity contribution in [1.29, 1.82) is 0 Å². The van der Waals surface area contributed by atoms with Crippen LogP contribution in [0, 0.1) is 5.92 Å². The maximum atomic E-state index is 13.4. The van der Waals surface area contributed by atoms with Gasteiger partial charge < -0.3 is 25.0 Å². The fourth-order valence-electron chi connectivity index (χ4n) is 6.03. The summed E-state index contributed by atoms with van der Waals surface area (Å²) in [5, 5.41) is 27.0. The van der Waals surface area contributed by atoms with Crippen LogP contribution >= 0.6 is 0 Å². The Morgan fingerprint density at radius 3 is 2.37 bits per heavy atom. The number of nitrogens with zero attached hydrogens (tertiary/aromatic N) is 1. The summed E-state index contributed by atoms with van der Waals surface area (Å²) in [4.78, 5) is 4.08. The topological polar surface area (TPSA) is 83.8 Å². The third-order valence-corrected chi connectivity index (χ3v) is 7.49. The zero-order chi connectivity index (χ0) is 27.3. The van der Waals surface area contributed by atoms with Crippen LogP contribution in [0.5, 0.6) is 11.5 Å². The molecule has 202 valence electrons. The lowest BCUT2D eigenvalue weighted by atomic mass is 9.70. The number of benzene rings is 2. The van der Waals surface area contributed by atoms with Crippen LogP contribution in [0.3, 0.4) is 0 Å². The Hall–Kier alpha value is -3.28. The molecule has 1 aliphatic heterocycles. The molecule has 3 N–H and O–H groups in total. The lowest BCUT2D eigenvalue weighted by Crippen LogP contribution is -2.52. The number of methoxy groups -OCH3 is 1. The van der Waals surface area contributed by atoms with Gasteiger partial charge >= 0.3 is 6.18 Å². The summed E-state index contributed by atoms with van der Waals surface area (Å²) in [5.74, 6) is -1.59. The van der Waals surface area contributed by atoms with E-state index in [4.69, 9.17) is 9.47 Å². The molecule has 0 saturated heterocycles. The minimum absolute atomic E-state index is 0.0830. The maximum absolute atomic E-state index is 13.4. The normalized spacial score (nSPS) is 28.2. The second kappa shape index (κ2) is 9.48. The van der Waals surface area contributed by atoms with Crippen molar-refractivity contribution in [3.05, 3.63) is 89.2 Å². The number of pyridine rings is 1. The fourth-order valence-corrected chi connectivity index (χ4v) is 6.03. The van der Waals surface area contributed by atoms with Gasteiger partial charge in [-0.1, -0.05) is 42.5 Å². The smallest absolute Gasteiger partial charge is 0.416 e. The number of rotatable bonds is 7. The quantitative estimate of drug-likeness (QED) is 0.393. The number of halogens is 5. The number of hydrogen-bond acceptors (Lipinski definition) is 6. The molecule has 1 aromatic heterocycles. The van der Waals surface area contributed by atoms with Crippen molar-refractivity contribution in [2.24, 2.45) is 5.92 Å². The number of alkyl halides is 5. The molecule has 6 nitrogen and oxygen atoms in total. The number of aromatic nitrogens is 1. The van der Waals surface area contributed by atoms with Crippen molar-refractivity contribution in [1.82, 2.24) is 10.3 Å². The van der Waals surface area contributed by atoms with Crippen LogP contribution in [-0.4, -0.2) is 47.9 Å². The van der Waals surface area contributed by atoms with Gasteiger partial charge in [-0.2, -0.15) is 13.2 Å². The highest BCUT2D eigenvalue weighted by atomic mass is 19.4. The minimum Gasteiger partial charge on any atom is -0.495 e. The standard InChI is InChI=1S/C27H25F5N2O4/c1-37-19-12-34-13-20-23(19)25(36)24(35)18(11-33-14-21(28)29)22(15-5-3-2-4-6-15)26(25,38-20)16-7-9-17(10-8-16)27(30,31)32/h2-10,12-13,18,21-22,24,33,35-36H,11,14H2,1H3/t18-,22-,24?,25+,26+/m1/s1. The molecule has 2 aliphatic rings. The predicted octanol–water partition coefficient (Wildman–Crippen LogP) is 4.21. The minimum atomic E-state index is -4.60. The highest BCUT2D eigenvalue weighted by Gasteiger charge is 2.76. The zero-order valence-electron chi connectivity index (χ0n) is 20.1. The molecule has 11 heteroatoms. The van der Waals surface area contributed by atoms with Crippen LogP contribution in [0.15, 0.2) is 67.0 Å². The van der Waals surface area contributed by atoms with E-state index in [-0.39, 0.29) is 29.2 Å². The van der Waals surface area contributed by atoms with Crippen molar-refractivity contribution in [2.75, 3.05) is 20.2 Å². The van der Waals surface area contributed by atoms with Crippen LogP contribution in [0.25, 0.3) is 0 Å². The summed E-state index contributed by atoms with van der Waals surface area (Å²) in [5.41, 5.74) is -4.16. The number of aliphatic hydroxyl groups excluding tert-OH is 1. The van der Waals surface area contributed by atoms with Gasteiger partial charge in [0.05, 0.1) is 43.3 Å². The molecule has 1 unspecified atom stereocenters. The highest BCUT2D eigenvalue weighted by molar-refractivity contribution is 5.59. The van der Waals surface area contributed by atoms with Crippen LogP contribution in [0.1, 0.15) is 28.2 Å². The molecule has 2 heterocycles. The van der Waals surface area contributed by atoms with Crippen molar-refractivity contribution < 1.29 is 41.6 Å². The molecule has 0 bridgehead atoms. The molecule has 1 fully saturated rings. The molecule has 5 atom stereocenters. The number of fused-ring (bicyclic) bond motifs is 3. The van der Waals surface area contributed by atoms with Crippen LogP contribution in [0.2, 0.25) is 0 Å². The van der Waals surface area contributed by atoms with Gasteiger partial charge in [-0.15, -0.1) is 0 Å². The fraction of sp³-hybridized carbons (Fsp3) is 0.370. The number of hydrogen-bond donors (Lipinski definition) is 3. The zero-order valence-corrected chi connectivity index (χ0v) is 20.1. The van der Waals surface area contributed by atoms with E-state index in [9.17, 15) is 32.2 Å². The maximum Gasteiger partial charge on any atom is 0.416 e. The Morgan fingerprint density at radius 1 is 1.08 bits per heavy atom. The van der Waals surface area contributed by atoms with Crippen LogP contribution in [0.4, 0.5) is 22.0 Å². The first-order valence-electron chi connectivity index (χ1n) is 11.9. The van der Waals surface area contributed by atoms with E-state index in [0.29, 0.717) is 5.56 Å². The summed E-state index contributed by atoms with van der Waals surface area (Å²) in [6, 6.07) is 12.8. The molecule has 0 radical (unpaired) electrons. The molecule has 0 amide bonds. The second-order valence-electron chi connectivity index (χ2n) is 9.44. The highest BCUT2D eigenvalue weighted by Crippen LogP contribution is 2.69. The van der Waals surface area contributed by atoms with Crippen LogP contribution < -0.4 is 14.8 Å². The molecule has 0 spiro atoms. The second-order valence-corrected chi connectivity index (χ2v) is 9.44. The summed E-state index contributed by atoms with van der Waals surface area (Å²) < 4.78 is 78.1. The first-order chi connectivity index (χ1) is 18.1. The lowest BCUT2D eigenvalue weighted by Gasteiger charge is -2.41. The molecule has 2 aromatic carbocycles. The molecule has 38 heavy (non-hydrogen) atoms. The van der Waals surface area contributed by atoms with Crippen molar-refractivity contribution >= 4 is 0 Å². The van der Waals surface area contributed by atoms with Crippen LogP contribution in [-0.2, 0) is 17.4 Å². The van der Waals surface area contributed by atoms with E-state index in [1.807, 2.05) is 0 Å². The largest absolute Gasteiger partial charge is 0.495 e. The summed E-state index contributed by atoms with van der Waals surface area (Å²) in [6.45, 7) is -0.789. The summed E-state index contributed by atoms with van der Waals surface area (Å²) in [7, 11) is 1.34. The number of nitrogens with one attached hydrogen (secondary N) is 1. The Balaban J connectivity index is 1.77. The lowest BCUT2D eigenvalue weighted by molar-refractivity contribution is -0.152. The van der Waals surface area contributed by atoms with Gasteiger partial charge in [-0.3, -0.25) is 4.98 Å². The average Bonchev–Trinajstić information content (AvgIpc) is 3.27. The molecule has 1 saturated carbocycles. The predicted molar refractivity (Wildman–Crippen MR) is 126 cm³/mol. The van der Waals surface area contributed by atoms with Crippen molar-refractivity contribution in [2.45, 2.75) is 35.8 Å². The van der Waals surface area contributed by atoms with Gasteiger partial charge in [0.15, 0.2) is 11.2 Å². The van der Waals surface area contributed by atoms with Gasteiger partial charge in [0.2, 0.25) is 0 Å². The van der Waals surface area contributed by atoms with Gasteiger partial charge in [0.1, 0.15) is 11.5 Å². The molecular weight excluding hydrogens is 511 g/mol. The number of aliphatic hydroxyl groups is 2. The van der Waals surface area contributed by atoms with Gasteiger partial charge in [-0.25, -0.2) is 8.78 Å². The van der Waals surface area contributed by atoms with E-state index >= 15 is 0 Å². The van der Waals surface area contributed by atoms with Crippen molar-refractivity contribution in [3.8, 4) is 11.5 Å². The molecule has 1 aliphatic carbocycles. The van der Waals surface area contributed by atoms with Crippen molar-refractivity contribution in [3.63, 3.8) is 0 Å². The Morgan fingerprint density at radius 2 is 1.76 bits per heavy atom. The average molecular weight is 536 g/mol. The molecule has 5 rings (SSSR count). The Bertz CT molecular complexity index is 1290. The van der Waals surface area contributed by atoms with Gasteiger partial charge in [0, 0.05) is 18.4 Å². The first kappa shape index (κ1) is 26.3. The van der Waals surface area contributed by atoms with Gasteiger partial charge in [0.25, 0.3) is 6.43 Å². The molecule has 3 aromatic rings. The van der Waals surface area contributed by atoms with E-state index in [2.05, 4.69) is 10.3 Å². The van der Waals surface area contributed by atoms with E-state index in [1.165, 1.54) is 31.6 Å². The third kappa shape index (κ3) is 3.83. The number of ether oxygens (including phenoxy) is 2. The van der Waals surface area contributed by atoms with Gasteiger partial charge in [-0.05, 0) is 23.3 Å². The first-order valence-corrected chi connectivity index (χ1v) is 11.9. The Kier molecular flexibility index (Phi) is 6.57. The van der Waals surface area contributed by atoms with E-state index in [1.54, 1.807) is 30.3 Å². The van der Waals surface area contributed by atoms with E-state index < -0.39 is 53.9 Å². The Labute approximate surface area is 215 Å². The monoisotopic (exact) mass is 536 g/mol. The third-order valence-electron chi connectivity index (χ3n) is 7.49.